The number of ether oxygens (including phenoxy) is 3. The van der Waals surface area contributed by atoms with Crippen molar-refractivity contribution in [3.05, 3.63) is 95.1 Å². The average molecular weight is 683 g/mol. The third-order valence-corrected chi connectivity index (χ3v) is 8.56. The predicted octanol–water partition coefficient (Wildman–Crippen LogP) is 4.17. The number of benzene rings is 3. The van der Waals surface area contributed by atoms with Crippen LogP contribution in [0.2, 0.25) is 0 Å². The minimum atomic E-state index is -0.746. The standard InChI is InChI=1S/C37H39FN6O6/c1-21(2)13-25-16-30(43-37(39)41-25)36(47)44-12-11-32-31(19-44)42-35(46)28-15-23(8-10-29(28)38)22-5-4-6-26(14-22)49-20-34(45)40-18-24-7-9-27(50-32)17-33(24)48-3/h4-10,14-17,21,31-32H,11-13,18-20H2,1-3H3,(H,40,45)(H,42,46)(H2,39,41,43)/t31-,32+/m1/s1. The normalized spacial score (nSPS) is 17.9. The van der Waals surface area contributed by atoms with Gasteiger partial charge < -0.3 is 35.5 Å². The van der Waals surface area contributed by atoms with Crippen molar-refractivity contribution in [1.82, 2.24) is 25.5 Å². The lowest BCUT2D eigenvalue weighted by molar-refractivity contribution is -0.123. The number of hydrogen-bond acceptors (Lipinski definition) is 9. The highest BCUT2D eigenvalue weighted by atomic mass is 19.1. The van der Waals surface area contributed by atoms with Gasteiger partial charge in [-0.2, -0.15) is 0 Å². The smallest absolute Gasteiger partial charge is 0.272 e. The zero-order chi connectivity index (χ0) is 35.4. The van der Waals surface area contributed by atoms with Gasteiger partial charge in [0.1, 0.15) is 34.9 Å². The van der Waals surface area contributed by atoms with E-state index in [0.717, 1.165) is 0 Å². The Morgan fingerprint density at radius 3 is 2.68 bits per heavy atom. The lowest BCUT2D eigenvalue weighted by Gasteiger charge is -2.38. The Bertz CT molecular complexity index is 1920. The van der Waals surface area contributed by atoms with E-state index in [-0.39, 0.29) is 48.7 Å². The van der Waals surface area contributed by atoms with Gasteiger partial charge in [-0.3, -0.25) is 14.4 Å². The summed E-state index contributed by atoms with van der Waals surface area (Å²) < 4.78 is 33.0. The van der Waals surface area contributed by atoms with Crippen LogP contribution in [0.25, 0.3) is 11.1 Å². The SMILES string of the molecule is COc1cc2ccc1CNC(=O)COc1cccc(c1)-c1ccc(F)c(c1)C(=O)N[C@@H]1CN(C(=O)c3cc(CC(C)C)nc(N)n3)CC[C@@H]1O2. The zero-order valence-electron chi connectivity index (χ0n) is 28.1. The number of aromatic nitrogens is 2. The van der Waals surface area contributed by atoms with E-state index < -0.39 is 23.9 Å². The molecule has 6 bridgehead atoms. The van der Waals surface area contributed by atoms with Gasteiger partial charge in [0.2, 0.25) is 5.95 Å². The second-order valence-electron chi connectivity index (χ2n) is 12.7. The molecule has 260 valence electrons. The predicted molar refractivity (Wildman–Crippen MR) is 183 cm³/mol. The molecule has 4 N–H and O–H groups in total. The molecule has 1 fully saturated rings. The summed E-state index contributed by atoms with van der Waals surface area (Å²) in [5.74, 6) is -0.433. The number of rotatable bonds is 4. The molecular weight excluding hydrogens is 643 g/mol. The van der Waals surface area contributed by atoms with Crippen molar-refractivity contribution in [3.63, 3.8) is 0 Å². The lowest BCUT2D eigenvalue weighted by Crippen LogP contribution is -2.58. The second-order valence-corrected chi connectivity index (χ2v) is 12.7. The molecule has 4 heterocycles. The Balaban J connectivity index is 1.35. The van der Waals surface area contributed by atoms with Gasteiger partial charge in [-0.25, -0.2) is 14.4 Å². The zero-order valence-corrected chi connectivity index (χ0v) is 28.1. The minimum Gasteiger partial charge on any atom is -0.496 e. The van der Waals surface area contributed by atoms with Crippen LogP contribution in [-0.2, 0) is 17.8 Å². The number of halogens is 1. The topological polar surface area (TPSA) is 158 Å². The van der Waals surface area contributed by atoms with E-state index in [2.05, 4.69) is 20.6 Å². The van der Waals surface area contributed by atoms with Crippen molar-refractivity contribution in [2.45, 2.75) is 45.4 Å². The molecule has 3 aliphatic heterocycles. The summed E-state index contributed by atoms with van der Waals surface area (Å²) >= 11 is 0. The van der Waals surface area contributed by atoms with Gasteiger partial charge in [-0.15, -0.1) is 0 Å². The van der Waals surface area contributed by atoms with Crippen molar-refractivity contribution < 1.29 is 33.0 Å². The highest BCUT2D eigenvalue weighted by molar-refractivity contribution is 5.96. The Kier molecular flexibility index (Phi) is 10.1. The number of fused-ring (bicyclic) bond motifs is 7. The fraction of sp³-hybridized carbons (Fsp3) is 0.324. The second kappa shape index (κ2) is 14.8. The lowest BCUT2D eigenvalue weighted by atomic mass is 9.99. The molecule has 0 unspecified atom stereocenters. The van der Waals surface area contributed by atoms with Crippen LogP contribution in [0.3, 0.4) is 0 Å². The summed E-state index contributed by atoms with van der Waals surface area (Å²) in [6.07, 6.45) is 0.361. The van der Waals surface area contributed by atoms with Gasteiger partial charge in [0, 0.05) is 43.4 Å². The molecule has 3 amide bonds. The molecular formula is C37H39FN6O6. The number of likely N-dealkylation sites (tertiary alicyclic amines) is 1. The number of nitrogens with zero attached hydrogens (tertiary/aromatic N) is 3. The summed E-state index contributed by atoms with van der Waals surface area (Å²) in [6.45, 7) is 4.40. The van der Waals surface area contributed by atoms with Gasteiger partial charge in [-0.1, -0.05) is 32.0 Å². The molecule has 13 heteroatoms. The van der Waals surface area contributed by atoms with Crippen LogP contribution < -0.4 is 30.6 Å². The molecule has 1 saturated heterocycles. The number of carbonyl (C=O) groups is 3. The van der Waals surface area contributed by atoms with E-state index in [1.165, 1.54) is 19.2 Å². The van der Waals surface area contributed by atoms with Crippen LogP contribution in [0.15, 0.2) is 66.7 Å². The number of anilines is 1. The molecule has 12 nitrogen and oxygen atoms in total. The molecule has 0 radical (unpaired) electrons. The Morgan fingerprint density at radius 1 is 1.06 bits per heavy atom. The Labute approximate surface area is 289 Å². The van der Waals surface area contributed by atoms with Crippen molar-refractivity contribution in [2.75, 3.05) is 32.5 Å². The molecule has 2 atom stereocenters. The van der Waals surface area contributed by atoms with Gasteiger partial charge in [0.05, 0.1) is 18.7 Å². The molecule has 1 aromatic heterocycles. The van der Waals surface area contributed by atoms with Gasteiger partial charge in [-0.05, 0) is 65.9 Å². The maximum atomic E-state index is 15.3. The third kappa shape index (κ3) is 7.94. The van der Waals surface area contributed by atoms with Crippen LogP contribution in [0.1, 0.15) is 52.4 Å². The fourth-order valence-corrected chi connectivity index (χ4v) is 6.11. The maximum absolute atomic E-state index is 15.3. The first-order valence-corrected chi connectivity index (χ1v) is 16.4. The fourth-order valence-electron chi connectivity index (χ4n) is 6.11. The number of methoxy groups -OCH3 is 1. The highest BCUT2D eigenvalue weighted by Crippen LogP contribution is 2.29. The number of nitrogens with one attached hydrogen (secondary N) is 2. The van der Waals surface area contributed by atoms with Crippen LogP contribution in [-0.4, -0.2) is 71.5 Å². The largest absolute Gasteiger partial charge is 0.496 e. The minimum absolute atomic E-state index is 0.00461. The first kappa shape index (κ1) is 34.2. The van der Waals surface area contributed by atoms with Gasteiger partial charge in [0.25, 0.3) is 17.7 Å². The van der Waals surface area contributed by atoms with E-state index in [1.807, 2.05) is 13.8 Å². The summed E-state index contributed by atoms with van der Waals surface area (Å²) in [4.78, 5) is 50.3. The first-order valence-electron chi connectivity index (χ1n) is 16.4. The maximum Gasteiger partial charge on any atom is 0.272 e. The number of amides is 3. The molecule has 4 aromatic rings. The van der Waals surface area contributed by atoms with Crippen molar-refractivity contribution >= 4 is 23.7 Å². The van der Waals surface area contributed by atoms with E-state index in [0.29, 0.717) is 64.9 Å². The molecule has 7 rings (SSSR count). The van der Waals surface area contributed by atoms with E-state index in [9.17, 15) is 14.4 Å². The van der Waals surface area contributed by atoms with Gasteiger partial charge in [0.15, 0.2) is 6.61 Å². The first-order chi connectivity index (χ1) is 24.1. The number of hydrogen-bond donors (Lipinski definition) is 3. The highest BCUT2D eigenvalue weighted by Gasteiger charge is 2.36. The van der Waals surface area contributed by atoms with Crippen LogP contribution in [0.4, 0.5) is 10.3 Å². The molecule has 50 heavy (non-hydrogen) atoms. The van der Waals surface area contributed by atoms with Crippen LogP contribution in [0, 0.1) is 11.7 Å². The quantitative estimate of drug-likeness (QED) is 0.287. The molecule has 3 aliphatic rings. The Hall–Kier alpha value is -5.72. The number of carbonyl (C=O) groups excluding carboxylic acids is 3. The number of nitrogens with two attached hydrogens (primary N) is 1. The molecule has 0 aliphatic carbocycles. The summed E-state index contributed by atoms with van der Waals surface area (Å²) in [5, 5.41) is 5.79. The summed E-state index contributed by atoms with van der Waals surface area (Å²) in [5.41, 5.74) is 8.55. The third-order valence-electron chi connectivity index (χ3n) is 8.56. The summed E-state index contributed by atoms with van der Waals surface area (Å²) in [6, 6.07) is 17.3. The van der Waals surface area contributed by atoms with E-state index in [4.69, 9.17) is 19.9 Å². The van der Waals surface area contributed by atoms with Crippen LogP contribution >= 0.6 is 0 Å². The van der Waals surface area contributed by atoms with Crippen molar-refractivity contribution in [2.24, 2.45) is 5.92 Å². The summed E-state index contributed by atoms with van der Waals surface area (Å²) in [7, 11) is 1.52. The molecule has 0 spiro atoms. The van der Waals surface area contributed by atoms with E-state index in [1.54, 1.807) is 59.5 Å². The number of piperidine rings is 1. The van der Waals surface area contributed by atoms with Crippen LogP contribution in [0.5, 0.6) is 17.2 Å². The monoisotopic (exact) mass is 682 g/mol. The average Bonchev–Trinajstić information content (AvgIpc) is 3.09. The van der Waals surface area contributed by atoms with Crippen molar-refractivity contribution in [1.29, 1.82) is 0 Å². The van der Waals surface area contributed by atoms with Crippen molar-refractivity contribution in [3.8, 4) is 28.4 Å². The molecule has 0 saturated carbocycles. The van der Waals surface area contributed by atoms with Gasteiger partial charge >= 0.3 is 0 Å². The Morgan fingerprint density at radius 2 is 1.88 bits per heavy atom. The molecule has 3 aromatic carbocycles. The number of nitrogen functional groups attached to an aromatic ring is 1. The van der Waals surface area contributed by atoms with E-state index >= 15 is 4.39 Å².